The SMILES string of the molecule is CCCNC(CSc1ncc[nH]1)c1ccc2c(c1)OCO2. The maximum atomic E-state index is 5.47. The second-order valence-corrected chi connectivity index (χ2v) is 5.83. The lowest BCUT2D eigenvalue weighted by Gasteiger charge is -2.18. The smallest absolute Gasteiger partial charge is 0.231 e. The van der Waals surface area contributed by atoms with Crippen LogP contribution in [0.2, 0.25) is 0 Å². The van der Waals surface area contributed by atoms with Gasteiger partial charge >= 0.3 is 0 Å². The molecule has 2 aromatic rings. The number of hydrogen-bond acceptors (Lipinski definition) is 5. The number of ether oxygens (including phenoxy) is 2. The van der Waals surface area contributed by atoms with Crippen molar-refractivity contribution in [2.45, 2.75) is 24.5 Å². The Morgan fingerprint density at radius 1 is 1.38 bits per heavy atom. The van der Waals surface area contributed by atoms with Gasteiger partial charge in [0.25, 0.3) is 0 Å². The maximum Gasteiger partial charge on any atom is 0.231 e. The monoisotopic (exact) mass is 305 g/mol. The van der Waals surface area contributed by atoms with Crippen LogP contribution in [0.4, 0.5) is 0 Å². The highest BCUT2D eigenvalue weighted by atomic mass is 32.2. The van der Waals surface area contributed by atoms with Gasteiger partial charge in [0.1, 0.15) is 0 Å². The van der Waals surface area contributed by atoms with E-state index in [9.17, 15) is 0 Å². The number of thioether (sulfide) groups is 1. The predicted molar refractivity (Wildman–Crippen MR) is 82.9 cm³/mol. The lowest BCUT2D eigenvalue weighted by molar-refractivity contribution is 0.174. The van der Waals surface area contributed by atoms with Crippen molar-refractivity contribution in [3.8, 4) is 11.5 Å². The summed E-state index contributed by atoms with van der Waals surface area (Å²) in [5, 5.41) is 4.52. The van der Waals surface area contributed by atoms with E-state index in [0.717, 1.165) is 35.4 Å². The number of nitrogens with zero attached hydrogens (tertiary/aromatic N) is 1. The fourth-order valence-electron chi connectivity index (χ4n) is 2.21. The number of H-pyrrole nitrogens is 1. The molecule has 6 heteroatoms. The van der Waals surface area contributed by atoms with Crippen LogP contribution in [-0.4, -0.2) is 29.1 Å². The fourth-order valence-corrected chi connectivity index (χ4v) is 3.14. The van der Waals surface area contributed by atoms with E-state index in [1.54, 1.807) is 18.0 Å². The highest BCUT2D eigenvalue weighted by Crippen LogP contribution is 2.35. The van der Waals surface area contributed by atoms with Gasteiger partial charge in [-0.25, -0.2) is 4.98 Å². The molecule has 2 heterocycles. The number of hydrogen-bond donors (Lipinski definition) is 2. The van der Waals surface area contributed by atoms with Crippen molar-refractivity contribution in [3.05, 3.63) is 36.2 Å². The Kier molecular flexibility index (Phi) is 4.67. The van der Waals surface area contributed by atoms with E-state index in [-0.39, 0.29) is 6.04 Å². The average Bonchev–Trinajstić information content (AvgIpc) is 3.17. The first-order valence-electron chi connectivity index (χ1n) is 7.12. The molecule has 1 aliphatic heterocycles. The molecule has 0 aliphatic carbocycles. The third-order valence-electron chi connectivity index (χ3n) is 3.30. The van der Waals surface area contributed by atoms with Crippen LogP contribution >= 0.6 is 11.8 Å². The molecule has 0 amide bonds. The average molecular weight is 305 g/mol. The highest BCUT2D eigenvalue weighted by Gasteiger charge is 2.18. The fraction of sp³-hybridized carbons (Fsp3) is 0.400. The number of fused-ring (bicyclic) bond motifs is 1. The minimum Gasteiger partial charge on any atom is -0.454 e. The van der Waals surface area contributed by atoms with E-state index in [2.05, 4.69) is 34.3 Å². The quantitative estimate of drug-likeness (QED) is 0.770. The Hall–Kier alpha value is -1.66. The van der Waals surface area contributed by atoms with E-state index < -0.39 is 0 Å². The molecule has 0 fully saturated rings. The zero-order valence-corrected chi connectivity index (χ0v) is 12.8. The first kappa shape index (κ1) is 14.3. The summed E-state index contributed by atoms with van der Waals surface area (Å²) in [7, 11) is 0. The maximum absolute atomic E-state index is 5.47. The zero-order chi connectivity index (χ0) is 14.5. The summed E-state index contributed by atoms with van der Waals surface area (Å²) in [4.78, 5) is 7.38. The van der Waals surface area contributed by atoms with Gasteiger partial charge in [-0.05, 0) is 30.7 Å². The molecule has 5 nitrogen and oxygen atoms in total. The second kappa shape index (κ2) is 6.87. The van der Waals surface area contributed by atoms with Crippen LogP contribution in [-0.2, 0) is 0 Å². The van der Waals surface area contributed by atoms with Gasteiger partial charge in [0.05, 0.1) is 0 Å². The van der Waals surface area contributed by atoms with E-state index in [0.29, 0.717) is 6.79 Å². The Labute approximate surface area is 128 Å². The first-order valence-corrected chi connectivity index (χ1v) is 8.10. The number of aromatic amines is 1. The number of imidazole rings is 1. The van der Waals surface area contributed by atoms with Crippen molar-refractivity contribution in [2.75, 3.05) is 19.1 Å². The van der Waals surface area contributed by atoms with Crippen LogP contribution in [0.3, 0.4) is 0 Å². The topological polar surface area (TPSA) is 59.2 Å². The molecule has 1 aromatic carbocycles. The van der Waals surface area contributed by atoms with Gasteiger partial charge in [0.15, 0.2) is 16.7 Å². The molecule has 1 aromatic heterocycles. The van der Waals surface area contributed by atoms with E-state index in [1.807, 2.05) is 12.3 Å². The van der Waals surface area contributed by atoms with Gasteiger partial charge in [0.2, 0.25) is 6.79 Å². The Balaban J connectivity index is 1.71. The molecular weight excluding hydrogens is 286 g/mol. The molecule has 1 atom stereocenters. The van der Waals surface area contributed by atoms with Crippen LogP contribution in [0.1, 0.15) is 24.9 Å². The lowest BCUT2D eigenvalue weighted by Crippen LogP contribution is -2.24. The minimum absolute atomic E-state index is 0.259. The molecule has 2 N–H and O–H groups in total. The van der Waals surface area contributed by atoms with Crippen molar-refractivity contribution in [1.29, 1.82) is 0 Å². The van der Waals surface area contributed by atoms with Crippen LogP contribution in [0.25, 0.3) is 0 Å². The number of nitrogens with one attached hydrogen (secondary N) is 2. The first-order chi connectivity index (χ1) is 10.4. The lowest BCUT2D eigenvalue weighted by atomic mass is 10.1. The van der Waals surface area contributed by atoms with E-state index in [4.69, 9.17) is 9.47 Å². The van der Waals surface area contributed by atoms with Crippen LogP contribution < -0.4 is 14.8 Å². The molecule has 0 radical (unpaired) electrons. The van der Waals surface area contributed by atoms with Gasteiger partial charge in [-0.2, -0.15) is 0 Å². The summed E-state index contributed by atoms with van der Waals surface area (Å²) in [6, 6.07) is 6.41. The van der Waals surface area contributed by atoms with Gasteiger partial charge in [0, 0.05) is 24.2 Å². The number of benzene rings is 1. The Bertz CT molecular complexity index is 574. The molecule has 0 saturated heterocycles. The van der Waals surface area contributed by atoms with E-state index in [1.165, 1.54) is 5.56 Å². The molecular formula is C15H19N3O2S. The Morgan fingerprint density at radius 3 is 3.10 bits per heavy atom. The molecule has 0 bridgehead atoms. The van der Waals surface area contributed by atoms with Crippen molar-refractivity contribution in [2.24, 2.45) is 0 Å². The standard InChI is InChI=1S/C15H19N3O2S/c1-2-5-16-12(9-21-15-17-6-7-18-15)11-3-4-13-14(8-11)20-10-19-13/h3-4,6-8,12,16H,2,5,9-10H2,1H3,(H,17,18). The van der Waals surface area contributed by atoms with Crippen LogP contribution in [0, 0.1) is 0 Å². The summed E-state index contributed by atoms with van der Waals surface area (Å²) >= 11 is 1.71. The van der Waals surface area contributed by atoms with Crippen molar-refractivity contribution < 1.29 is 9.47 Å². The number of rotatable bonds is 7. The van der Waals surface area contributed by atoms with Crippen LogP contribution in [0.5, 0.6) is 11.5 Å². The molecule has 1 unspecified atom stereocenters. The normalized spacial score (nSPS) is 14.3. The number of aromatic nitrogens is 2. The van der Waals surface area contributed by atoms with Gasteiger partial charge in [-0.15, -0.1) is 0 Å². The van der Waals surface area contributed by atoms with Gasteiger partial charge < -0.3 is 19.8 Å². The van der Waals surface area contributed by atoms with Crippen LogP contribution in [0.15, 0.2) is 35.7 Å². The summed E-state index contributed by atoms with van der Waals surface area (Å²) in [6.45, 7) is 3.47. The molecule has 0 spiro atoms. The van der Waals surface area contributed by atoms with Crippen molar-refractivity contribution in [1.82, 2.24) is 15.3 Å². The largest absolute Gasteiger partial charge is 0.454 e. The van der Waals surface area contributed by atoms with Crippen molar-refractivity contribution >= 4 is 11.8 Å². The highest BCUT2D eigenvalue weighted by molar-refractivity contribution is 7.99. The molecule has 0 saturated carbocycles. The molecule has 21 heavy (non-hydrogen) atoms. The summed E-state index contributed by atoms with van der Waals surface area (Å²) in [5.74, 6) is 2.57. The zero-order valence-electron chi connectivity index (χ0n) is 12.0. The second-order valence-electron chi connectivity index (χ2n) is 4.82. The molecule has 112 valence electrons. The third kappa shape index (κ3) is 3.51. The van der Waals surface area contributed by atoms with Crippen molar-refractivity contribution in [3.63, 3.8) is 0 Å². The summed E-state index contributed by atoms with van der Waals surface area (Å²) < 4.78 is 10.8. The summed E-state index contributed by atoms with van der Waals surface area (Å²) in [5.41, 5.74) is 1.21. The minimum atomic E-state index is 0.259. The summed E-state index contributed by atoms with van der Waals surface area (Å²) in [6.07, 6.45) is 4.72. The Morgan fingerprint density at radius 2 is 2.29 bits per heavy atom. The predicted octanol–water partition coefficient (Wildman–Crippen LogP) is 2.97. The molecule has 1 aliphatic rings. The van der Waals surface area contributed by atoms with Gasteiger partial charge in [-0.3, -0.25) is 0 Å². The molecule has 3 rings (SSSR count). The third-order valence-corrected chi connectivity index (χ3v) is 4.30. The van der Waals surface area contributed by atoms with E-state index >= 15 is 0 Å². The van der Waals surface area contributed by atoms with Gasteiger partial charge in [-0.1, -0.05) is 24.8 Å².